The molecule has 0 saturated carbocycles. The van der Waals surface area contributed by atoms with Crippen LogP contribution in [0, 0.1) is 10.1 Å². The lowest BCUT2D eigenvalue weighted by molar-refractivity contribution is -0.402. The number of carbonyl (C=O) groups is 1. The topological polar surface area (TPSA) is 109 Å². The van der Waals surface area contributed by atoms with Crippen LogP contribution in [0.3, 0.4) is 0 Å². The lowest BCUT2D eigenvalue weighted by atomic mass is 10.2. The molecule has 1 aliphatic heterocycles. The highest BCUT2D eigenvalue weighted by Gasteiger charge is 2.32. The largest absolute Gasteiger partial charge is 0.508 e. The minimum absolute atomic E-state index is 0.123. The highest BCUT2D eigenvalue weighted by atomic mass is 32.2. The first-order chi connectivity index (χ1) is 11.9. The monoisotopic (exact) mass is 375 g/mol. The van der Waals surface area contributed by atoms with Gasteiger partial charge in [0.15, 0.2) is 4.32 Å². The van der Waals surface area contributed by atoms with Crippen molar-refractivity contribution < 1.29 is 19.2 Å². The number of hydrogen-bond donors (Lipinski definition) is 1. The van der Waals surface area contributed by atoms with Crippen molar-refractivity contribution in [3.05, 3.63) is 62.7 Å². The Balaban J connectivity index is 1.78. The van der Waals surface area contributed by atoms with E-state index in [-0.39, 0.29) is 20.7 Å². The summed E-state index contributed by atoms with van der Waals surface area (Å²) in [6.45, 7) is 0. The summed E-state index contributed by atoms with van der Waals surface area (Å²) < 4.78 is 5.23. The van der Waals surface area contributed by atoms with Crippen molar-refractivity contribution in [1.29, 1.82) is 0 Å². The zero-order chi connectivity index (χ0) is 18.0. The number of aromatic hydroxyl groups is 1. The molecule has 0 bridgehead atoms. The Morgan fingerprint density at radius 3 is 2.64 bits per heavy atom. The molecule has 0 radical (unpaired) electrons. The Morgan fingerprint density at radius 2 is 2.00 bits per heavy atom. The maximum absolute atomic E-state index is 12.4. The zero-order valence-corrected chi connectivity index (χ0v) is 14.0. The number of rotatable bonds is 4. The van der Waals surface area contributed by atoms with E-state index in [0.717, 1.165) is 16.8 Å². The lowest BCUT2D eigenvalue weighted by Crippen LogP contribution is -2.22. The van der Waals surface area contributed by atoms with Crippen LogP contribution in [0.15, 0.2) is 50.8 Å². The van der Waals surface area contributed by atoms with Crippen LogP contribution in [-0.4, -0.2) is 31.5 Å². The molecule has 1 fully saturated rings. The second kappa shape index (κ2) is 6.87. The Labute approximate surface area is 150 Å². The van der Waals surface area contributed by atoms with E-state index < -0.39 is 16.7 Å². The number of thioether (sulfide) groups is 1. The second-order valence-electron chi connectivity index (χ2n) is 4.76. The summed E-state index contributed by atoms with van der Waals surface area (Å²) in [5.41, 5.74) is 0.678. The fraction of sp³-hybridized carbons (Fsp3) is 0. The third kappa shape index (κ3) is 3.75. The van der Waals surface area contributed by atoms with Crippen molar-refractivity contribution >= 4 is 52.4 Å². The first-order valence-corrected chi connectivity index (χ1v) is 8.02. The lowest BCUT2D eigenvalue weighted by Gasteiger charge is -2.05. The van der Waals surface area contributed by atoms with E-state index in [1.165, 1.54) is 36.6 Å². The van der Waals surface area contributed by atoms with E-state index in [4.69, 9.17) is 16.6 Å². The fourth-order valence-corrected chi connectivity index (χ4v) is 3.04. The highest BCUT2D eigenvalue weighted by Crippen LogP contribution is 2.33. The molecular weight excluding hydrogens is 366 g/mol. The Bertz CT molecular complexity index is 918. The summed E-state index contributed by atoms with van der Waals surface area (Å²) in [4.78, 5) is 22.6. The van der Waals surface area contributed by atoms with Gasteiger partial charge in [-0.05, 0) is 48.1 Å². The van der Waals surface area contributed by atoms with Crippen molar-refractivity contribution in [2.24, 2.45) is 5.10 Å². The van der Waals surface area contributed by atoms with Crippen molar-refractivity contribution in [3.63, 3.8) is 0 Å². The van der Waals surface area contributed by atoms with Gasteiger partial charge in [0.2, 0.25) is 0 Å². The van der Waals surface area contributed by atoms with Gasteiger partial charge in [-0.2, -0.15) is 10.1 Å². The van der Waals surface area contributed by atoms with Crippen LogP contribution in [-0.2, 0) is 4.79 Å². The molecular formula is C15H9N3O5S2. The van der Waals surface area contributed by atoms with Crippen LogP contribution in [0.4, 0.5) is 5.88 Å². The SMILES string of the molecule is O=C1/C(=C\c2ccc([N+](=O)[O-])o2)SC(=S)N1/N=C/c1ccc(O)cc1. The third-order valence-corrected chi connectivity index (χ3v) is 4.34. The van der Waals surface area contributed by atoms with Crippen LogP contribution in [0.25, 0.3) is 6.08 Å². The maximum Gasteiger partial charge on any atom is 0.433 e. The van der Waals surface area contributed by atoms with Crippen LogP contribution in [0.1, 0.15) is 11.3 Å². The van der Waals surface area contributed by atoms with Crippen molar-refractivity contribution in [1.82, 2.24) is 5.01 Å². The van der Waals surface area contributed by atoms with Gasteiger partial charge in [-0.3, -0.25) is 14.9 Å². The highest BCUT2D eigenvalue weighted by molar-refractivity contribution is 8.26. The van der Waals surface area contributed by atoms with Gasteiger partial charge in [0.25, 0.3) is 5.91 Å². The summed E-state index contributed by atoms with van der Waals surface area (Å²) in [6.07, 6.45) is 2.81. The third-order valence-electron chi connectivity index (χ3n) is 3.05. The molecule has 1 amide bonds. The van der Waals surface area contributed by atoms with Gasteiger partial charge < -0.3 is 9.52 Å². The number of hydrazone groups is 1. The van der Waals surface area contributed by atoms with Gasteiger partial charge in [-0.25, -0.2) is 0 Å². The maximum atomic E-state index is 12.4. The van der Waals surface area contributed by atoms with Crippen LogP contribution >= 0.6 is 24.0 Å². The first-order valence-electron chi connectivity index (χ1n) is 6.79. The summed E-state index contributed by atoms with van der Waals surface area (Å²) in [5.74, 6) is -0.566. The Kier molecular flexibility index (Phi) is 4.63. The van der Waals surface area contributed by atoms with Crippen molar-refractivity contribution in [2.45, 2.75) is 0 Å². The number of nitro groups is 1. The quantitative estimate of drug-likeness (QED) is 0.287. The molecule has 2 aromatic rings. The van der Waals surface area contributed by atoms with Gasteiger partial charge in [0.05, 0.1) is 17.2 Å². The molecule has 1 aromatic carbocycles. The number of carbonyl (C=O) groups excluding carboxylic acids is 1. The number of phenolic OH excluding ortho intramolecular Hbond substituents is 1. The van der Waals surface area contributed by atoms with Gasteiger partial charge in [0, 0.05) is 6.08 Å². The van der Waals surface area contributed by atoms with E-state index in [1.54, 1.807) is 12.1 Å². The Hall–Kier alpha value is -2.98. The number of hydrogen-bond acceptors (Lipinski definition) is 8. The van der Waals surface area contributed by atoms with Gasteiger partial charge in [-0.15, -0.1) is 0 Å². The molecule has 8 nitrogen and oxygen atoms in total. The Morgan fingerprint density at radius 1 is 1.28 bits per heavy atom. The molecule has 10 heteroatoms. The summed E-state index contributed by atoms with van der Waals surface area (Å²) in [6, 6.07) is 8.85. The number of thiocarbonyl (C=S) groups is 1. The smallest absolute Gasteiger partial charge is 0.433 e. The number of nitrogens with zero attached hydrogens (tertiary/aromatic N) is 3. The minimum atomic E-state index is -0.662. The van der Waals surface area contributed by atoms with Crippen molar-refractivity contribution in [3.8, 4) is 5.75 Å². The molecule has 0 unspecified atom stereocenters. The summed E-state index contributed by atoms with van der Waals surface area (Å²) in [7, 11) is 0. The van der Waals surface area contributed by atoms with E-state index in [9.17, 15) is 20.0 Å². The van der Waals surface area contributed by atoms with E-state index in [0.29, 0.717) is 5.56 Å². The number of furan rings is 1. The minimum Gasteiger partial charge on any atom is -0.508 e. The van der Waals surface area contributed by atoms with Gasteiger partial charge in [-0.1, -0.05) is 11.8 Å². The van der Waals surface area contributed by atoms with Gasteiger partial charge >= 0.3 is 5.88 Å². The molecule has 25 heavy (non-hydrogen) atoms. The normalized spacial score (nSPS) is 16.3. The van der Waals surface area contributed by atoms with Crippen LogP contribution < -0.4 is 0 Å². The average molecular weight is 375 g/mol. The predicted molar refractivity (Wildman–Crippen MR) is 96.1 cm³/mol. The number of phenols is 1. The molecule has 0 atom stereocenters. The van der Waals surface area contributed by atoms with Crippen LogP contribution in [0.5, 0.6) is 5.75 Å². The first kappa shape index (κ1) is 16.9. The predicted octanol–water partition coefficient (Wildman–Crippen LogP) is 3.13. The number of benzene rings is 1. The fourth-order valence-electron chi connectivity index (χ4n) is 1.89. The molecule has 0 spiro atoms. The summed E-state index contributed by atoms with van der Waals surface area (Å²) >= 11 is 6.15. The molecule has 2 heterocycles. The molecule has 1 saturated heterocycles. The second-order valence-corrected chi connectivity index (χ2v) is 6.44. The molecule has 0 aliphatic carbocycles. The van der Waals surface area contributed by atoms with E-state index >= 15 is 0 Å². The molecule has 1 aromatic heterocycles. The zero-order valence-electron chi connectivity index (χ0n) is 12.4. The van der Waals surface area contributed by atoms with Gasteiger partial charge in [0.1, 0.15) is 16.4 Å². The number of amides is 1. The summed E-state index contributed by atoms with van der Waals surface area (Å²) in [5, 5.41) is 25.0. The molecule has 1 N–H and O–H groups in total. The molecule has 3 rings (SSSR count). The van der Waals surface area contributed by atoms with E-state index in [1.807, 2.05) is 0 Å². The van der Waals surface area contributed by atoms with Crippen molar-refractivity contribution in [2.75, 3.05) is 0 Å². The average Bonchev–Trinajstić information content (AvgIpc) is 3.14. The van der Waals surface area contributed by atoms with E-state index in [2.05, 4.69) is 5.10 Å². The molecule has 126 valence electrons. The molecule has 1 aliphatic rings. The standard InChI is InChI=1S/C15H9N3O5S2/c19-10-3-1-9(2-4-10)8-16-17-14(20)12(25-15(17)24)7-11-5-6-13(23-11)18(21)22/h1-8,19H/b12-7+,16-8+. The van der Waals surface area contributed by atoms with Crippen LogP contribution in [0.2, 0.25) is 0 Å².